The second kappa shape index (κ2) is 4.12. The third-order valence-corrected chi connectivity index (χ3v) is 2.56. The van der Waals surface area contributed by atoms with Crippen LogP contribution in [0.5, 0.6) is 0 Å². The number of aromatic nitrogens is 3. The van der Waals surface area contributed by atoms with E-state index >= 15 is 0 Å². The van der Waals surface area contributed by atoms with Crippen LogP contribution in [0.4, 0.5) is 0 Å². The van der Waals surface area contributed by atoms with Crippen molar-refractivity contribution >= 4 is 15.9 Å². The number of imidazole rings is 1. The van der Waals surface area contributed by atoms with Crippen LogP contribution in [-0.4, -0.2) is 14.5 Å². The third kappa shape index (κ3) is 2.08. The van der Waals surface area contributed by atoms with Crippen molar-refractivity contribution < 1.29 is 0 Å². The van der Waals surface area contributed by atoms with Gasteiger partial charge in [0.25, 0.3) is 0 Å². The van der Waals surface area contributed by atoms with E-state index in [2.05, 4.69) is 25.9 Å². The molecule has 0 aromatic carbocycles. The van der Waals surface area contributed by atoms with E-state index in [1.165, 1.54) is 0 Å². The lowest BCUT2D eigenvalue weighted by Gasteiger charge is -2.09. The fourth-order valence-corrected chi connectivity index (χ4v) is 1.58. The van der Waals surface area contributed by atoms with E-state index in [0.29, 0.717) is 0 Å². The molecule has 0 fully saturated rings. The number of rotatable bonds is 2. The number of pyridine rings is 1. The highest BCUT2D eigenvalue weighted by molar-refractivity contribution is 9.10. The molecule has 0 amide bonds. The second-order valence-corrected chi connectivity index (χ2v) is 4.23. The molecular formula is C10H11BrN4. The van der Waals surface area contributed by atoms with Crippen molar-refractivity contribution in [1.82, 2.24) is 14.5 Å². The van der Waals surface area contributed by atoms with Gasteiger partial charge in [0.05, 0.1) is 11.9 Å². The molecule has 0 aliphatic carbocycles. The van der Waals surface area contributed by atoms with Gasteiger partial charge in [-0.1, -0.05) is 0 Å². The van der Waals surface area contributed by atoms with Crippen molar-refractivity contribution in [3.05, 3.63) is 41.0 Å². The molecule has 5 heteroatoms. The molecule has 2 heterocycles. The van der Waals surface area contributed by atoms with Gasteiger partial charge in [-0.05, 0) is 35.0 Å². The lowest BCUT2D eigenvalue weighted by Crippen LogP contribution is -2.11. The van der Waals surface area contributed by atoms with Gasteiger partial charge in [0, 0.05) is 16.7 Å². The molecule has 1 atom stereocenters. The molecule has 0 saturated heterocycles. The average molecular weight is 267 g/mol. The Morgan fingerprint density at radius 3 is 2.80 bits per heavy atom. The fraction of sp³-hybridized carbons (Fsp3) is 0.200. The van der Waals surface area contributed by atoms with E-state index in [-0.39, 0.29) is 6.04 Å². The largest absolute Gasteiger partial charge is 0.323 e. The standard InChI is InChI=1S/C10H11BrN4/c1-7(12)9-5-13-6-15(9)10-3-2-8(11)4-14-10/h2-7H,12H2,1H3/t7-/m1/s1. The first kappa shape index (κ1) is 10.3. The van der Waals surface area contributed by atoms with Crippen LogP contribution in [0.15, 0.2) is 35.3 Å². The first-order valence-electron chi connectivity index (χ1n) is 4.58. The van der Waals surface area contributed by atoms with E-state index < -0.39 is 0 Å². The van der Waals surface area contributed by atoms with E-state index in [0.717, 1.165) is 16.0 Å². The molecule has 2 N–H and O–H groups in total. The SMILES string of the molecule is C[C@@H](N)c1cncn1-c1ccc(Br)cn1. The normalized spacial score (nSPS) is 12.7. The third-order valence-electron chi connectivity index (χ3n) is 2.09. The monoisotopic (exact) mass is 266 g/mol. The molecule has 4 nitrogen and oxygen atoms in total. The Labute approximate surface area is 96.3 Å². The minimum Gasteiger partial charge on any atom is -0.323 e. The molecular weight excluding hydrogens is 256 g/mol. The van der Waals surface area contributed by atoms with Gasteiger partial charge in [0.2, 0.25) is 0 Å². The van der Waals surface area contributed by atoms with Crippen LogP contribution >= 0.6 is 15.9 Å². The highest BCUT2D eigenvalue weighted by Gasteiger charge is 2.08. The Hall–Kier alpha value is -1.20. The predicted molar refractivity (Wildman–Crippen MR) is 61.7 cm³/mol. The summed E-state index contributed by atoms with van der Waals surface area (Å²) in [7, 11) is 0. The Kier molecular flexibility index (Phi) is 2.83. The smallest absolute Gasteiger partial charge is 0.138 e. The van der Waals surface area contributed by atoms with Gasteiger partial charge in [0.15, 0.2) is 0 Å². The van der Waals surface area contributed by atoms with Crippen LogP contribution in [0.2, 0.25) is 0 Å². The first-order chi connectivity index (χ1) is 7.18. The van der Waals surface area contributed by atoms with E-state index in [4.69, 9.17) is 5.73 Å². The zero-order valence-electron chi connectivity index (χ0n) is 8.26. The van der Waals surface area contributed by atoms with Crippen LogP contribution in [-0.2, 0) is 0 Å². The Bertz CT molecular complexity index is 447. The lowest BCUT2D eigenvalue weighted by atomic mass is 10.3. The molecule has 0 spiro atoms. The Balaban J connectivity index is 2.45. The summed E-state index contributed by atoms with van der Waals surface area (Å²) < 4.78 is 2.84. The minimum absolute atomic E-state index is 0.0575. The van der Waals surface area contributed by atoms with E-state index in [1.807, 2.05) is 23.6 Å². The van der Waals surface area contributed by atoms with Gasteiger partial charge < -0.3 is 5.73 Å². The van der Waals surface area contributed by atoms with E-state index in [1.54, 1.807) is 18.7 Å². The molecule has 0 bridgehead atoms. The van der Waals surface area contributed by atoms with E-state index in [9.17, 15) is 0 Å². The number of halogens is 1. The van der Waals surface area contributed by atoms with Crippen molar-refractivity contribution in [3.8, 4) is 5.82 Å². The Morgan fingerprint density at radius 2 is 2.20 bits per heavy atom. The molecule has 0 saturated carbocycles. The number of hydrogen-bond donors (Lipinski definition) is 1. The predicted octanol–water partition coefficient (Wildman–Crippen LogP) is 2.05. The molecule has 0 aliphatic rings. The fourth-order valence-electron chi connectivity index (χ4n) is 1.34. The molecule has 2 aromatic heterocycles. The van der Waals surface area contributed by atoms with Crippen LogP contribution in [0, 0.1) is 0 Å². The van der Waals surface area contributed by atoms with Crippen molar-refractivity contribution in [2.45, 2.75) is 13.0 Å². The molecule has 0 unspecified atom stereocenters. The molecule has 2 rings (SSSR count). The zero-order valence-corrected chi connectivity index (χ0v) is 9.85. The highest BCUT2D eigenvalue weighted by Crippen LogP contribution is 2.15. The van der Waals surface area contributed by atoms with Gasteiger partial charge in [-0.2, -0.15) is 0 Å². The van der Waals surface area contributed by atoms with Crippen molar-refractivity contribution in [3.63, 3.8) is 0 Å². The summed E-state index contributed by atoms with van der Waals surface area (Å²) in [6.45, 7) is 1.92. The minimum atomic E-state index is -0.0575. The number of hydrogen-bond acceptors (Lipinski definition) is 3. The molecule has 78 valence electrons. The summed E-state index contributed by atoms with van der Waals surface area (Å²) in [5.41, 5.74) is 6.78. The number of nitrogens with zero attached hydrogens (tertiary/aromatic N) is 3. The number of nitrogens with two attached hydrogens (primary N) is 1. The van der Waals surface area contributed by atoms with Crippen molar-refractivity contribution in [2.75, 3.05) is 0 Å². The summed E-state index contributed by atoms with van der Waals surface area (Å²) >= 11 is 3.34. The highest BCUT2D eigenvalue weighted by atomic mass is 79.9. The Morgan fingerprint density at radius 1 is 1.40 bits per heavy atom. The van der Waals surface area contributed by atoms with Gasteiger partial charge in [-0.15, -0.1) is 0 Å². The first-order valence-corrected chi connectivity index (χ1v) is 5.37. The van der Waals surface area contributed by atoms with Crippen LogP contribution in [0.1, 0.15) is 18.7 Å². The van der Waals surface area contributed by atoms with Gasteiger partial charge >= 0.3 is 0 Å². The molecule has 0 aliphatic heterocycles. The van der Waals surface area contributed by atoms with Crippen LogP contribution in [0.25, 0.3) is 5.82 Å². The quantitative estimate of drug-likeness (QED) is 0.905. The van der Waals surface area contributed by atoms with Gasteiger partial charge in [0.1, 0.15) is 12.1 Å². The maximum absolute atomic E-state index is 5.83. The summed E-state index contributed by atoms with van der Waals surface area (Å²) in [5.74, 6) is 0.822. The summed E-state index contributed by atoms with van der Waals surface area (Å²) in [5, 5.41) is 0. The van der Waals surface area contributed by atoms with Gasteiger partial charge in [-0.25, -0.2) is 9.97 Å². The maximum atomic E-state index is 5.83. The zero-order chi connectivity index (χ0) is 10.8. The van der Waals surface area contributed by atoms with Gasteiger partial charge in [-0.3, -0.25) is 4.57 Å². The average Bonchev–Trinajstić information content (AvgIpc) is 2.67. The topological polar surface area (TPSA) is 56.7 Å². The molecule has 0 radical (unpaired) electrons. The van der Waals surface area contributed by atoms with Crippen LogP contribution in [0.3, 0.4) is 0 Å². The summed E-state index contributed by atoms with van der Waals surface area (Å²) in [6, 6.07) is 3.79. The molecule has 2 aromatic rings. The lowest BCUT2D eigenvalue weighted by molar-refractivity contribution is 0.745. The maximum Gasteiger partial charge on any atom is 0.138 e. The van der Waals surface area contributed by atoms with Crippen molar-refractivity contribution in [1.29, 1.82) is 0 Å². The molecule has 15 heavy (non-hydrogen) atoms. The van der Waals surface area contributed by atoms with Crippen LogP contribution < -0.4 is 5.73 Å². The summed E-state index contributed by atoms with van der Waals surface area (Å²) in [4.78, 5) is 8.36. The second-order valence-electron chi connectivity index (χ2n) is 3.31. The summed E-state index contributed by atoms with van der Waals surface area (Å²) in [6.07, 6.45) is 5.23. The van der Waals surface area contributed by atoms with Crippen molar-refractivity contribution in [2.24, 2.45) is 5.73 Å².